The third-order valence-corrected chi connectivity index (χ3v) is 4.20. The number of likely N-dealkylation sites (tertiary alicyclic amines) is 1. The van der Waals surface area contributed by atoms with Gasteiger partial charge in [0.15, 0.2) is 5.69 Å². The van der Waals surface area contributed by atoms with Gasteiger partial charge in [0, 0.05) is 19.3 Å². The van der Waals surface area contributed by atoms with E-state index in [4.69, 9.17) is 9.84 Å². The summed E-state index contributed by atoms with van der Waals surface area (Å²) < 4.78 is 6.74. The molecule has 1 saturated heterocycles. The van der Waals surface area contributed by atoms with Crippen LogP contribution in [0, 0.1) is 5.92 Å². The van der Waals surface area contributed by atoms with Crippen LogP contribution in [0.4, 0.5) is 0 Å². The molecule has 1 aromatic heterocycles. The van der Waals surface area contributed by atoms with E-state index < -0.39 is 11.9 Å². The number of aliphatic carboxylic acids is 1. The summed E-state index contributed by atoms with van der Waals surface area (Å²) in [5.74, 6) is -0.828. The summed E-state index contributed by atoms with van der Waals surface area (Å²) in [5, 5.41) is 13.5. The smallest absolute Gasteiger partial charge is 0.308 e. The Hall–Kier alpha value is -2.83. The van der Waals surface area contributed by atoms with Crippen LogP contribution in [-0.4, -0.2) is 51.9 Å². The standard InChI is InChI=1S/C17H19N3O4/c1-24-14-6-4-13(5-7-14)20-10-8-15(18-20)16(21)19-9-2-3-12(11-19)17(22)23/h4-8,10,12H,2-3,9,11H2,1H3,(H,22,23)/t12-/m0/s1. The molecule has 1 amide bonds. The van der Waals surface area contributed by atoms with Crippen LogP contribution in [0.3, 0.4) is 0 Å². The number of rotatable bonds is 4. The number of piperidine rings is 1. The summed E-state index contributed by atoms with van der Waals surface area (Å²) in [6.45, 7) is 0.807. The summed E-state index contributed by atoms with van der Waals surface area (Å²) >= 11 is 0. The number of methoxy groups -OCH3 is 1. The van der Waals surface area contributed by atoms with Crippen molar-refractivity contribution in [2.75, 3.05) is 20.2 Å². The molecule has 0 bridgehead atoms. The summed E-state index contributed by atoms with van der Waals surface area (Å²) in [5.41, 5.74) is 1.13. The maximum absolute atomic E-state index is 12.6. The molecular weight excluding hydrogens is 310 g/mol. The summed E-state index contributed by atoms with van der Waals surface area (Å²) in [6, 6.07) is 8.99. The highest BCUT2D eigenvalue weighted by Gasteiger charge is 2.29. The molecule has 1 aromatic carbocycles. The van der Waals surface area contributed by atoms with Crippen LogP contribution >= 0.6 is 0 Å². The number of aromatic nitrogens is 2. The number of benzene rings is 1. The van der Waals surface area contributed by atoms with Crippen LogP contribution in [0.1, 0.15) is 23.3 Å². The molecule has 0 spiro atoms. The average Bonchev–Trinajstić information content (AvgIpc) is 3.11. The van der Waals surface area contributed by atoms with Crippen LogP contribution in [0.25, 0.3) is 5.69 Å². The first-order valence-corrected chi connectivity index (χ1v) is 7.80. The largest absolute Gasteiger partial charge is 0.497 e. The average molecular weight is 329 g/mol. The van der Waals surface area contributed by atoms with Crippen molar-refractivity contribution in [2.45, 2.75) is 12.8 Å². The van der Waals surface area contributed by atoms with Crippen molar-refractivity contribution in [2.24, 2.45) is 5.92 Å². The second-order valence-electron chi connectivity index (χ2n) is 5.77. The van der Waals surface area contributed by atoms with Crippen LogP contribution < -0.4 is 4.74 Å². The Morgan fingerprint density at radius 2 is 2.00 bits per heavy atom. The highest BCUT2D eigenvalue weighted by molar-refractivity contribution is 5.92. The molecule has 0 aliphatic carbocycles. The van der Waals surface area contributed by atoms with Gasteiger partial charge in [0.05, 0.1) is 18.7 Å². The number of hydrogen-bond acceptors (Lipinski definition) is 4. The summed E-state index contributed by atoms with van der Waals surface area (Å²) in [6.07, 6.45) is 3.02. The fourth-order valence-corrected chi connectivity index (χ4v) is 2.84. The molecular formula is C17H19N3O4. The minimum Gasteiger partial charge on any atom is -0.497 e. The van der Waals surface area contributed by atoms with E-state index >= 15 is 0 Å². The van der Waals surface area contributed by atoms with Crippen molar-refractivity contribution in [3.05, 3.63) is 42.2 Å². The van der Waals surface area contributed by atoms with Gasteiger partial charge in [-0.25, -0.2) is 4.68 Å². The zero-order chi connectivity index (χ0) is 17.1. The number of carboxylic acids is 1. The zero-order valence-electron chi connectivity index (χ0n) is 13.4. The van der Waals surface area contributed by atoms with Gasteiger partial charge in [0.1, 0.15) is 5.75 Å². The number of carbonyl (C=O) groups is 2. The molecule has 7 nitrogen and oxygen atoms in total. The summed E-state index contributed by atoms with van der Waals surface area (Å²) in [4.78, 5) is 25.3. The normalized spacial score (nSPS) is 17.5. The van der Waals surface area contributed by atoms with Gasteiger partial charge in [-0.3, -0.25) is 9.59 Å². The van der Waals surface area contributed by atoms with Gasteiger partial charge in [0.2, 0.25) is 0 Å². The maximum atomic E-state index is 12.6. The van der Waals surface area contributed by atoms with Gasteiger partial charge in [-0.05, 0) is 43.2 Å². The van der Waals surface area contributed by atoms with Gasteiger partial charge < -0.3 is 14.7 Å². The van der Waals surface area contributed by atoms with Crippen molar-refractivity contribution >= 4 is 11.9 Å². The molecule has 1 fully saturated rings. The van der Waals surface area contributed by atoms with E-state index in [0.717, 1.165) is 11.4 Å². The lowest BCUT2D eigenvalue weighted by atomic mass is 9.98. The van der Waals surface area contributed by atoms with Crippen molar-refractivity contribution in [1.29, 1.82) is 0 Å². The Bertz CT molecular complexity index is 739. The van der Waals surface area contributed by atoms with Crippen LogP contribution in [0.15, 0.2) is 36.5 Å². The van der Waals surface area contributed by atoms with Gasteiger partial charge in [0.25, 0.3) is 5.91 Å². The Morgan fingerprint density at radius 3 is 2.67 bits per heavy atom. The van der Waals surface area contributed by atoms with E-state index in [0.29, 0.717) is 25.1 Å². The van der Waals surface area contributed by atoms with Gasteiger partial charge >= 0.3 is 5.97 Å². The molecule has 0 unspecified atom stereocenters. The van der Waals surface area contributed by atoms with E-state index in [1.54, 1.807) is 29.0 Å². The first-order chi connectivity index (χ1) is 11.6. The Labute approximate surface area is 139 Å². The lowest BCUT2D eigenvalue weighted by Crippen LogP contribution is -2.42. The number of hydrogen-bond donors (Lipinski definition) is 1. The molecule has 1 N–H and O–H groups in total. The number of nitrogens with zero attached hydrogens (tertiary/aromatic N) is 3. The Kier molecular flexibility index (Phi) is 4.50. The SMILES string of the molecule is COc1ccc(-n2ccc(C(=O)N3CCC[C@H](C(=O)O)C3)n2)cc1. The monoisotopic (exact) mass is 329 g/mol. The van der Waals surface area contributed by atoms with Crippen molar-refractivity contribution in [1.82, 2.24) is 14.7 Å². The Morgan fingerprint density at radius 1 is 1.25 bits per heavy atom. The first kappa shape index (κ1) is 16.0. The van der Waals surface area contributed by atoms with E-state index in [-0.39, 0.29) is 12.5 Å². The zero-order valence-corrected chi connectivity index (χ0v) is 13.4. The molecule has 2 heterocycles. The number of carbonyl (C=O) groups excluding carboxylic acids is 1. The molecule has 126 valence electrons. The molecule has 0 saturated carbocycles. The molecule has 3 rings (SSSR count). The number of amides is 1. The molecule has 1 aliphatic heterocycles. The second-order valence-corrected chi connectivity index (χ2v) is 5.77. The van der Waals surface area contributed by atoms with Gasteiger partial charge in [-0.15, -0.1) is 0 Å². The van der Waals surface area contributed by atoms with Crippen LogP contribution in [0.5, 0.6) is 5.75 Å². The highest BCUT2D eigenvalue weighted by atomic mass is 16.5. The van der Waals surface area contributed by atoms with Crippen LogP contribution in [0.2, 0.25) is 0 Å². The fourth-order valence-electron chi connectivity index (χ4n) is 2.84. The van der Waals surface area contributed by atoms with Gasteiger partial charge in [-0.2, -0.15) is 5.10 Å². The molecule has 7 heteroatoms. The summed E-state index contributed by atoms with van der Waals surface area (Å²) in [7, 11) is 1.60. The minimum atomic E-state index is -0.851. The quantitative estimate of drug-likeness (QED) is 0.925. The predicted octanol–water partition coefficient (Wildman–Crippen LogP) is 1.82. The van der Waals surface area contributed by atoms with Crippen molar-refractivity contribution in [3.8, 4) is 11.4 Å². The third-order valence-electron chi connectivity index (χ3n) is 4.20. The van der Waals surface area contributed by atoms with E-state index in [1.165, 1.54) is 0 Å². The predicted molar refractivity (Wildman–Crippen MR) is 86.4 cm³/mol. The third kappa shape index (κ3) is 3.24. The topological polar surface area (TPSA) is 84.7 Å². The second kappa shape index (κ2) is 6.74. The number of carboxylic acid groups (broad SMARTS) is 1. The van der Waals surface area contributed by atoms with Crippen molar-refractivity contribution in [3.63, 3.8) is 0 Å². The molecule has 0 radical (unpaired) electrons. The lowest BCUT2D eigenvalue weighted by Gasteiger charge is -2.30. The van der Waals surface area contributed by atoms with Crippen LogP contribution in [-0.2, 0) is 4.79 Å². The van der Waals surface area contributed by atoms with Gasteiger partial charge in [-0.1, -0.05) is 0 Å². The van der Waals surface area contributed by atoms with E-state index in [9.17, 15) is 9.59 Å². The molecule has 2 aromatic rings. The lowest BCUT2D eigenvalue weighted by molar-refractivity contribution is -0.143. The highest BCUT2D eigenvalue weighted by Crippen LogP contribution is 2.19. The molecule has 1 atom stereocenters. The molecule has 24 heavy (non-hydrogen) atoms. The van der Waals surface area contributed by atoms with E-state index in [2.05, 4.69) is 5.10 Å². The minimum absolute atomic E-state index is 0.229. The maximum Gasteiger partial charge on any atom is 0.308 e. The fraction of sp³-hybridized carbons (Fsp3) is 0.353. The molecule has 1 aliphatic rings. The Balaban J connectivity index is 1.74. The van der Waals surface area contributed by atoms with Crippen molar-refractivity contribution < 1.29 is 19.4 Å². The number of ether oxygens (including phenoxy) is 1. The first-order valence-electron chi connectivity index (χ1n) is 7.80. The van der Waals surface area contributed by atoms with E-state index in [1.807, 2.05) is 24.3 Å².